The molecule has 1 aliphatic rings. The number of piperidine rings is 1. The fourth-order valence-electron chi connectivity index (χ4n) is 2.72. The standard InChI is InChI=1S/C15H21F3N2O2S/c1-11-4-5-13(9-14(11)15(16,17)18)23(21,22)20-8-6-12-3-2-7-19-10-12/h4-5,9,12,19-20H,2-3,6-8,10H2,1H3. The number of nitrogens with one attached hydrogen (secondary N) is 2. The van der Waals surface area contributed by atoms with Gasteiger partial charge in [-0.25, -0.2) is 13.1 Å². The third kappa shape index (κ3) is 4.92. The predicted octanol–water partition coefficient (Wildman–Crippen LogP) is 2.68. The van der Waals surface area contributed by atoms with Crippen LogP contribution in [0.5, 0.6) is 0 Å². The fraction of sp³-hybridized carbons (Fsp3) is 0.600. The Hall–Kier alpha value is -1.12. The van der Waals surface area contributed by atoms with Crippen LogP contribution in [-0.4, -0.2) is 28.1 Å². The largest absolute Gasteiger partial charge is 0.416 e. The van der Waals surface area contributed by atoms with E-state index in [0.717, 1.165) is 25.9 Å². The van der Waals surface area contributed by atoms with Gasteiger partial charge in [-0.1, -0.05) is 6.07 Å². The van der Waals surface area contributed by atoms with E-state index in [9.17, 15) is 21.6 Å². The smallest absolute Gasteiger partial charge is 0.316 e. The summed E-state index contributed by atoms with van der Waals surface area (Å²) in [6.07, 6.45) is -1.80. The molecule has 0 radical (unpaired) electrons. The minimum Gasteiger partial charge on any atom is -0.316 e. The van der Waals surface area contributed by atoms with Crippen LogP contribution in [0.15, 0.2) is 23.1 Å². The van der Waals surface area contributed by atoms with Crippen molar-refractivity contribution >= 4 is 10.0 Å². The molecule has 1 atom stereocenters. The van der Waals surface area contributed by atoms with Gasteiger partial charge in [0.2, 0.25) is 10.0 Å². The highest BCUT2D eigenvalue weighted by molar-refractivity contribution is 7.89. The third-order valence-corrected chi connectivity index (χ3v) is 5.53. The molecule has 1 unspecified atom stereocenters. The second kappa shape index (κ2) is 7.19. The van der Waals surface area contributed by atoms with Crippen molar-refractivity contribution in [3.8, 4) is 0 Å². The molecule has 0 spiro atoms. The highest BCUT2D eigenvalue weighted by Gasteiger charge is 2.33. The zero-order valence-corrected chi connectivity index (χ0v) is 13.7. The lowest BCUT2D eigenvalue weighted by Gasteiger charge is -2.22. The van der Waals surface area contributed by atoms with Crippen LogP contribution in [0.2, 0.25) is 0 Å². The maximum Gasteiger partial charge on any atom is 0.416 e. The second-order valence-electron chi connectivity index (χ2n) is 5.87. The van der Waals surface area contributed by atoms with Crippen LogP contribution in [0, 0.1) is 12.8 Å². The van der Waals surface area contributed by atoms with E-state index in [2.05, 4.69) is 10.0 Å². The molecule has 4 nitrogen and oxygen atoms in total. The molecule has 0 amide bonds. The van der Waals surface area contributed by atoms with Gasteiger partial charge >= 0.3 is 6.18 Å². The Morgan fingerprint density at radius 2 is 2.09 bits per heavy atom. The van der Waals surface area contributed by atoms with E-state index >= 15 is 0 Å². The minimum atomic E-state index is -4.57. The Labute approximate surface area is 134 Å². The molecule has 8 heteroatoms. The molecular weight excluding hydrogens is 329 g/mol. The van der Waals surface area contributed by atoms with E-state index in [1.165, 1.54) is 19.1 Å². The first-order valence-corrected chi connectivity index (χ1v) is 9.07. The summed E-state index contributed by atoms with van der Waals surface area (Å²) in [5.74, 6) is 0.398. The summed E-state index contributed by atoms with van der Waals surface area (Å²) in [5, 5.41) is 3.24. The van der Waals surface area contributed by atoms with Gasteiger partial charge in [0.1, 0.15) is 0 Å². The predicted molar refractivity (Wildman–Crippen MR) is 81.6 cm³/mol. The summed E-state index contributed by atoms with van der Waals surface area (Å²) in [6.45, 7) is 3.36. The summed E-state index contributed by atoms with van der Waals surface area (Å²) in [6, 6.07) is 3.08. The molecule has 0 aliphatic carbocycles. The SMILES string of the molecule is Cc1ccc(S(=O)(=O)NCCC2CCCNC2)cc1C(F)(F)F. The van der Waals surface area contributed by atoms with Gasteiger partial charge < -0.3 is 5.32 Å². The second-order valence-corrected chi connectivity index (χ2v) is 7.64. The number of hydrogen-bond acceptors (Lipinski definition) is 3. The van der Waals surface area contributed by atoms with Crippen molar-refractivity contribution in [3.05, 3.63) is 29.3 Å². The van der Waals surface area contributed by atoms with Crippen LogP contribution < -0.4 is 10.0 Å². The number of sulfonamides is 1. The maximum absolute atomic E-state index is 12.9. The van der Waals surface area contributed by atoms with Crippen molar-refractivity contribution in [2.75, 3.05) is 19.6 Å². The molecule has 130 valence electrons. The van der Waals surface area contributed by atoms with E-state index in [4.69, 9.17) is 0 Å². The Balaban J connectivity index is 2.04. The lowest BCUT2D eigenvalue weighted by molar-refractivity contribution is -0.138. The van der Waals surface area contributed by atoms with Gasteiger partial charge in [-0.15, -0.1) is 0 Å². The van der Waals surface area contributed by atoms with E-state index in [-0.39, 0.29) is 17.0 Å². The Morgan fingerprint density at radius 1 is 1.35 bits per heavy atom. The van der Waals surface area contributed by atoms with Crippen molar-refractivity contribution in [3.63, 3.8) is 0 Å². The van der Waals surface area contributed by atoms with Crippen LogP contribution in [0.25, 0.3) is 0 Å². The van der Waals surface area contributed by atoms with E-state index in [0.29, 0.717) is 18.4 Å². The minimum absolute atomic E-state index is 0.00438. The first kappa shape index (κ1) is 18.2. The zero-order chi connectivity index (χ0) is 17.1. The first-order valence-electron chi connectivity index (χ1n) is 7.58. The van der Waals surface area contributed by atoms with Gasteiger partial charge in [-0.2, -0.15) is 13.2 Å². The lowest BCUT2D eigenvalue weighted by atomic mass is 9.96. The molecule has 2 N–H and O–H groups in total. The average molecular weight is 350 g/mol. The van der Waals surface area contributed by atoms with Gasteiger partial charge in [-0.3, -0.25) is 0 Å². The molecule has 1 saturated heterocycles. The third-order valence-electron chi connectivity index (χ3n) is 4.07. The number of benzene rings is 1. The van der Waals surface area contributed by atoms with Crippen LogP contribution in [0.1, 0.15) is 30.4 Å². The van der Waals surface area contributed by atoms with E-state index in [1.807, 2.05) is 0 Å². The molecular formula is C15H21F3N2O2S. The van der Waals surface area contributed by atoms with Crippen molar-refractivity contribution in [1.29, 1.82) is 0 Å². The Bertz CT molecular complexity index is 639. The van der Waals surface area contributed by atoms with Gasteiger partial charge in [0, 0.05) is 6.54 Å². The van der Waals surface area contributed by atoms with Crippen molar-refractivity contribution < 1.29 is 21.6 Å². The molecule has 1 aliphatic heterocycles. The van der Waals surface area contributed by atoms with Crippen molar-refractivity contribution in [1.82, 2.24) is 10.0 Å². The highest BCUT2D eigenvalue weighted by atomic mass is 32.2. The van der Waals surface area contributed by atoms with Gasteiger partial charge in [-0.05, 0) is 62.9 Å². The van der Waals surface area contributed by atoms with Crippen molar-refractivity contribution in [2.24, 2.45) is 5.92 Å². The maximum atomic E-state index is 12.9. The molecule has 1 aromatic carbocycles. The van der Waals surface area contributed by atoms with Crippen LogP contribution in [0.4, 0.5) is 13.2 Å². The summed E-state index contributed by atoms with van der Waals surface area (Å²) in [4.78, 5) is -0.350. The normalized spacial score (nSPS) is 19.7. The van der Waals surface area contributed by atoms with Crippen molar-refractivity contribution in [2.45, 2.75) is 37.3 Å². The molecule has 0 saturated carbocycles. The number of rotatable bonds is 5. The molecule has 1 aromatic rings. The van der Waals surface area contributed by atoms with E-state index < -0.39 is 21.8 Å². The van der Waals surface area contributed by atoms with Gasteiger partial charge in [0.15, 0.2) is 0 Å². The van der Waals surface area contributed by atoms with Crippen LogP contribution >= 0.6 is 0 Å². The number of alkyl halides is 3. The summed E-state index contributed by atoms with van der Waals surface area (Å²) in [5.41, 5.74) is -0.915. The molecule has 0 bridgehead atoms. The first-order chi connectivity index (χ1) is 10.7. The molecule has 1 fully saturated rings. The summed E-state index contributed by atoms with van der Waals surface area (Å²) in [7, 11) is -3.93. The molecule has 1 heterocycles. The van der Waals surface area contributed by atoms with Gasteiger partial charge in [0.05, 0.1) is 10.5 Å². The topological polar surface area (TPSA) is 58.2 Å². The zero-order valence-electron chi connectivity index (χ0n) is 12.9. The monoisotopic (exact) mass is 350 g/mol. The van der Waals surface area contributed by atoms with Gasteiger partial charge in [0.25, 0.3) is 0 Å². The Kier molecular flexibility index (Phi) is 5.70. The van der Waals surface area contributed by atoms with Crippen LogP contribution in [-0.2, 0) is 16.2 Å². The molecule has 0 aromatic heterocycles. The fourth-order valence-corrected chi connectivity index (χ4v) is 3.80. The lowest BCUT2D eigenvalue weighted by Crippen LogP contribution is -2.33. The van der Waals surface area contributed by atoms with Crippen LogP contribution in [0.3, 0.4) is 0 Å². The quantitative estimate of drug-likeness (QED) is 0.858. The average Bonchev–Trinajstić information content (AvgIpc) is 2.47. The number of hydrogen-bond donors (Lipinski definition) is 2. The molecule has 23 heavy (non-hydrogen) atoms. The number of halogens is 3. The highest BCUT2D eigenvalue weighted by Crippen LogP contribution is 2.33. The Morgan fingerprint density at radius 3 is 2.70 bits per heavy atom. The number of aryl methyl sites for hydroxylation is 1. The van der Waals surface area contributed by atoms with E-state index in [1.54, 1.807) is 0 Å². The molecule has 2 rings (SSSR count). The summed E-state index contributed by atoms with van der Waals surface area (Å²) >= 11 is 0. The summed E-state index contributed by atoms with van der Waals surface area (Å²) < 4.78 is 65.4.